The molecule has 0 atom stereocenters. The van der Waals surface area contributed by atoms with Crippen molar-refractivity contribution < 1.29 is 8.42 Å². The molecule has 2 heterocycles. The molecule has 4 nitrogen and oxygen atoms in total. The Morgan fingerprint density at radius 1 is 1.33 bits per heavy atom. The number of hydrogen-bond acceptors (Lipinski definition) is 4. The first kappa shape index (κ1) is 13.6. The normalized spacial score (nSPS) is 11.5. The molecule has 0 spiro atoms. The van der Waals surface area contributed by atoms with Crippen LogP contribution < -0.4 is 4.72 Å². The topological polar surface area (TPSA) is 59.1 Å². The van der Waals surface area contributed by atoms with E-state index in [4.69, 9.17) is 23.2 Å². The molecule has 0 unspecified atom stereocenters. The number of pyridine rings is 1. The summed E-state index contributed by atoms with van der Waals surface area (Å²) in [6, 6.07) is 4.57. The number of nitrogens with one attached hydrogen (secondary N) is 1. The number of hydrogen-bond donors (Lipinski definition) is 1. The van der Waals surface area contributed by atoms with Crippen molar-refractivity contribution in [3.8, 4) is 0 Å². The quantitative estimate of drug-likeness (QED) is 0.879. The van der Waals surface area contributed by atoms with Gasteiger partial charge in [-0.1, -0.05) is 23.2 Å². The van der Waals surface area contributed by atoms with Gasteiger partial charge in [0, 0.05) is 0 Å². The first-order valence-electron chi connectivity index (χ1n) is 4.79. The van der Waals surface area contributed by atoms with Gasteiger partial charge in [0.25, 0.3) is 10.0 Å². The summed E-state index contributed by atoms with van der Waals surface area (Å²) in [6.45, 7) is 1.75. The molecule has 1 N–H and O–H groups in total. The third-order valence-electron chi connectivity index (χ3n) is 2.08. The summed E-state index contributed by atoms with van der Waals surface area (Å²) in [5.41, 5.74) is 1.08. The molecular formula is C10H8Cl2N2O2S2. The van der Waals surface area contributed by atoms with Crippen LogP contribution in [-0.2, 0) is 10.0 Å². The average Bonchev–Trinajstić information content (AvgIpc) is 2.63. The van der Waals surface area contributed by atoms with Gasteiger partial charge < -0.3 is 0 Å². The van der Waals surface area contributed by atoms with Gasteiger partial charge in [-0.05, 0) is 30.7 Å². The highest BCUT2D eigenvalue weighted by molar-refractivity contribution is 7.94. The number of halogens is 2. The van der Waals surface area contributed by atoms with Gasteiger partial charge >= 0.3 is 0 Å². The molecule has 96 valence electrons. The molecular weight excluding hydrogens is 315 g/mol. The van der Waals surface area contributed by atoms with Gasteiger partial charge in [0.15, 0.2) is 0 Å². The standard InChI is InChI=1S/C10H8Cl2N2O2S2/c1-6-4-9(17-10(6)12)18(15,16)14-7-2-3-8(11)13-5-7/h2-5,14H,1H3. The van der Waals surface area contributed by atoms with Gasteiger partial charge in [0.1, 0.15) is 9.36 Å². The van der Waals surface area contributed by atoms with Crippen LogP contribution in [-0.4, -0.2) is 13.4 Å². The molecule has 0 aromatic carbocycles. The van der Waals surface area contributed by atoms with Crippen molar-refractivity contribution in [1.82, 2.24) is 4.98 Å². The Morgan fingerprint density at radius 3 is 2.56 bits per heavy atom. The van der Waals surface area contributed by atoms with Gasteiger partial charge in [0.2, 0.25) is 0 Å². The van der Waals surface area contributed by atoms with E-state index in [1.54, 1.807) is 6.92 Å². The Bertz CT molecular complexity index is 646. The Labute approximate surface area is 119 Å². The SMILES string of the molecule is Cc1cc(S(=O)(=O)Nc2ccc(Cl)nc2)sc1Cl. The van der Waals surface area contributed by atoms with E-state index < -0.39 is 10.0 Å². The molecule has 0 aliphatic rings. The summed E-state index contributed by atoms with van der Waals surface area (Å²) in [6.07, 6.45) is 1.35. The summed E-state index contributed by atoms with van der Waals surface area (Å²) in [5.74, 6) is 0. The van der Waals surface area contributed by atoms with Crippen LogP contribution in [0, 0.1) is 6.92 Å². The van der Waals surface area contributed by atoms with Crippen molar-refractivity contribution in [2.24, 2.45) is 0 Å². The van der Waals surface area contributed by atoms with Gasteiger partial charge in [0.05, 0.1) is 16.2 Å². The molecule has 0 radical (unpaired) electrons. The van der Waals surface area contributed by atoms with E-state index in [1.807, 2.05) is 0 Å². The monoisotopic (exact) mass is 322 g/mol. The van der Waals surface area contributed by atoms with Crippen LogP contribution in [0.1, 0.15) is 5.56 Å². The number of aromatic nitrogens is 1. The first-order valence-corrected chi connectivity index (χ1v) is 7.84. The molecule has 2 aromatic rings. The fraction of sp³-hybridized carbons (Fsp3) is 0.100. The second kappa shape index (κ2) is 5.05. The van der Waals surface area contributed by atoms with Crippen LogP contribution in [0.4, 0.5) is 5.69 Å². The van der Waals surface area contributed by atoms with E-state index in [0.29, 0.717) is 15.2 Å². The number of sulfonamides is 1. The molecule has 0 bridgehead atoms. The zero-order chi connectivity index (χ0) is 13.3. The van der Waals surface area contributed by atoms with Gasteiger partial charge in [-0.2, -0.15) is 0 Å². The fourth-order valence-electron chi connectivity index (χ4n) is 1.21. The van der Waals surface area contributed by atoms with Crippen molar-refractivity contribution in [1.29, 1.82) is 0 Å². The number of rotatable bonds is 3. The second-order valence-electron chi connectivity index (χ2n) is 3.50. The predicted octanol–water partition coefficient (Wildman–Crippen LogP) is 3.56. The maximum absolute atomic E-state index is 12.0. The van der Waals surface area contributed by atoms with E-state index in [1.165, 1.54) is 24.4 Å². The van der Waals surface area contributed by atoms with Crippen molar-refractivity contribution in [3.05, 3.63) is 39.4 Å². The minimum Gasteiger partial charge on any atom is -0.277 e. The molecule has 0 saturated heterocycles. The van der Waals surface area contributed by atoms with Crippen molar-refractivity contribution in [2.45, 2.75) is 11.1 Å². The molecule has 2 rings (SSSR count). The summed E-state index contributed by atoms with van der Waals surface area (Å²) < 4.78 is 27.1. The molecule has 0 amide bonds. The highest BCUT2D eigenvalue weighted by Crippen LogP contribution is 2.31. The van der Waals surface area contributed by atoms with Gasteiger partial charge in [-0.3, -0.25) is 4.72 Å². The fourth-order valence-corrected chi connectivity index (χ4v) is 4.07. The van der Waals surface area contributed by atoms with E-state index in [9.17, 15) is 8.42 Å². The van der Waals surface area contributed by atoms with Crippen molar-refractivity contribution in [3.63, 3.8) is 0 Å². The Kier molecular flexibility index (Phi) is 3.82. The van der Waals surface area contributed by atoms with Crippen LogP contribution in [0.2, 0.25) is 9.49 Å². The number of anilines is 1. The second-order valence-corrected chi connectivity index (χ2v) is 7.45. The van der Waals surface area contributed by atoms with E-state index in [0.717, 1.165) is 16.9 Å². The third kappa shape index (κ3) is 2.95. The Morgan fingerprint density at radius 2 is 2.06 bits per heavy atom. The highest BCUT2D eigenvalue weighted by Gasteiger charge is 2.18. The highest BCUT2D eigenvalue weighted by atomic mass is 35.5. The molecule has 0 fully saturated rings. The Hall–Kier alpha value is -0.820. The summed E-state index contributed by atoms with van der Waals surface area (Å²) in [7, 11) is -3.63. The van der Waals surface area contributed by atoms with E-state index in [-0.39, 0.29) is 4.21 Å². The largest absolute Gasteiger partial charge is 0.277 e. The first-order chi connectivity index (χ1) is 8.38. The lowest BCUT2D eigenvalue weighted by Crippen LogP contribution is -2.11. The van der Waals surface area contributed by atoms with E-state index >= 15 is 0 Å². The zero-order valence-corrected chi connectivity index (χ0v) is 12.3. The molecule has 0 aliphatic carbocycles. The lowest BCUT2D eigenvalue weighted by Gasteiger charge is -2.05. The smallest absolute Gasteiger partial charge is 0.271 e. The summed E-state index contributed by atoms with van der Waals surface area (Å²) in [5, 5.41) is 0.299. The van der Waals surface area contributed by atoms with Crippen LogP contribution in [0.5, 0.6) is 0 Å². The molecule has 8 heteroatoms. The lowest BCUT2D eigenvalue weighted by atomic mass is 10.4. The zero-order valence-electron chi connectivity index (χ0n) is 9.15. The minimum atomic E-state index is -3.63. The van der Waals surface area contributed by atoms with Gasteiger partial charge in [-0.15, -0.1) is 11.3 Å². The molecule has 18 heavy (non-hydrogen) atoms. The Balaban J connectivity index is 2.29. The van der Waals surface area contributed by atoms with Crippen LogP contribution >= 0.6 is 34.5 Å². The maximum atomic E-state index is 12.0. The van der Waals surface area contributed by atoms with Crippen molar-refractivity contribution >= 4 is 50.2 Å². The van der Waals surface area contributed by atoms with Crippen molar-refractivity contribution in [2.75, 3.05) is 4.72 Å². The van der Waals surface area contributed by atoms with Crippen LogP contribution in [0.15, 0.2) is 28.6 Å². The minimum absolute atomic E-state index is 0.167. The number of nitrogens with zero attached hydrogens (tertiary/aromatic N) is 1. The van der Waals surface area contributed by atoms with Crippen LogP contribution in [0.25, 0.3) is 0 Å². The average molecular weight is 323 g/mol. The van der Waals surface area contributed by atoms with Crippen LogP contribution in [0.3, 0.4) is 0 Å². The number of aryl methyl sites for hydroxylation is 1. The third-order valence-corrected chi connectivity index (χ3v) is 5.71. The molecule has 0 saturated carbocycles. The molecule has 0 aliphatic heterocycles. The lowest BCUT2D eigenvalue weighted by molar-refractivity contribution is 0.603. The molecule has 2 aromatic heterocycles. The van der Waals surface area contributed by atoms with Gasteiger partial charge in [-0.25, -0.2) is 13.4 Å². The summed E-state index contributed by atoms with van der Waals surface area (Å²) >= 11 is 12.5. The number of thiophene rings is 1. The van der Waals surface area contributed by atoms with E-state index in [2.05, 4.69) is 9.71 Å². The maximum Gasteiger partial charge on any atom is 0.271 e. The summed E-state index contributed by atoms with van der Waals surface area (Å²) in [4.78, 5) is 3.80. The predicted molar refractivity (Wildman–Crippen MR) is 74.1 cm³/mol.